The van der Waals surface area contributed by atoms with Crippen LogP contribution in [-0.4, -0.2) is 6.54 Å². The van der Waals surface area contributed by atoms with E-state index in [1.54, 1.807) is 0 Å². The molecule has 0 spiro atoms. The van der Waals surface area contributed by atoms with Gasteiger partial charge < -0.3 is 5.43 Å². The summed E-state index contributed by atoms with van der Waals surface area (Å²) in [6.45, 7) is 9.11. The van der Waals surface area contributed by atoms with Crippen molar-refractivity contribution < 1.29 is 0 Å². The Labute approximate surface area is 92.4 Å². The molecule has 2 N–H and O–H groups in total. The maximum Gasteiger partial charge on any atom is 0.0487 e. The van der Waals surface area contributed by atoms with Gasteiger partial charge in [0.15, 0.2) is 0 Å². The van der Waals surface area contributed by atoms with Crippen LogP contribution in [0.2, 0.25) is 0 Å². The van der Waals surface area contributed by atoms with Gasteiger partial charge in [-0.1, -0.05) is 38.1 Å². The highest BCUT2D eigenvalue weighted by Crippen LogP contribution is 2.18. The molecule has 0 saturated heterocycles. The van der Waals surface area contributed by atoms with Gasteiger partial charge in [0.1, 0.15) is 0 Å². The number of rotatable bonds is 6. The van der Waals surface area contributed by atoms with E-state index in [0.29, 0.717) is 0 Å². The van der Waals surface area contributed by atoms with Crippen LogP contribution in [0.4, 0.5) is 5.69 Å². The van der Waals surface area contributed by atoms with Crippen molar-refractivity contribution >= 4 is 5.69 Å². The van der Waals surface area contributed by atoms with E-state index in [1.807, 2.05) is 36.4 Å². The molecular weight excluding hydrogens is 184 g/mol. The number of hydrazine groups is 1. The smallest absolute Gasteiger partial charge is 0.0487 e. The van der Waals surface area contributed by atoms with E-state index in [1.165, 1.54) is 0 Å². The van der Waals surface area contributed by atoms with E-state index in [4.69, 9.17) is 0 Å². The molecule has 0 aliphatic heterocycles. The van der Waals surface area contributed by atoms with Gasteiger partial charge in [0.05, 0.1) is 0 Å². The molecule has 1 rings (SSSR count). The van der Waals surface area contributed by atoms with E-state index in [-0.39, 0.29) is 5.41 Å². The second-order valence-electron chi connectivity index (χ2n) is 4.50. The van der Waals surface area contributed by atoms with Gasteiger partial charge in [0.2, 0.25) is 0 Å². The Morgan fingerprint density at radius 1 is 1.27 bits per heavy atom. The number of hydrogen-bond donors (Lipinski definition) is 2. The molecule has 2 heteroatoms. The number of hydrogen-bond acceptors (Lipinski definition) is 2. The molecule has 0 radical (unpaired) electrons. The molecule has 0 bridgehead atoms. The van der Waals surface area contributed by atoms with Gasteiger partial charge in [-0.15, -0.1) is 6.58 Å². The molecular formula is C13H20N2. The lowest BCUT2D eigenvalue weighted by atomic mass is 9.90. The summed E-state index contributed by atoms with van der Waals surface area (Å²) in [5.41, 5.74) is 7.73. The predicted molar refractivity (Wildman–Crippen MR) is 66.7 cm³/mol. The van der Waals surface area contributed by atoms with Crippen molar-refractivity contribution in [3.8, 4) is 0 Å². The third-order valence-electron chi connectivity index (χ3n) is 2.27. The van der Waals surface area contributed by atoms with Gasteiger partial charge in [-0.3, -0.25) is 0 Å². The van der Waals surface area contributed by atoms with Crippen molar-refractivity contribution in [1.29, 1.82) is 0 Å². The summed E-state index contributed by atoms with van der Waals surface area (Å²) < 4.78 is 0. The Hall–Kier alpha value is -1.28. The lowest BCUT2D eigenvalue weighted by Crippen LogP contribution is -2.32. The van der Waals surface area contributed by atoms with Crippen LogP contribution in [0, 0.1) is 5.41 Å². The molecule has 15 heavy (non-hydrogen) atoms. The summed E-state index contributed by atoms with van der Waals surface area (Å²) in [5.74, 6) is 0. The summed E-state index contributed by atoms with van der Waals surface area (Å²) in [6.07, 6.45) is 2.97. The second-order valence-corrected chi connectivity index (χ2v) is 4.50. The Kier molecular flexibility index (Phi) is 4.37. The van der Waals surface area contributed by atoms with Crippen molar-refractivity contribution in [2.45, 2.75) is 20.3 Å². The third-order valence-corrected chi connectivity index (χ3v) is 2.27. The number of para-hydroxylation sites is 1. The molecule has 0 amide bonds. The molecule has 1 aromatic rings. The minimum absolute atomic E-state index is 0.240. The van der Waals surface area contributed by atoms with Crippen LogP contribution in [0.25, 0.3) is 0 Å². The maximum absolute atomic E-state index is 3.76. The Balaban J connectivity index is 2.30. The lowest BCUT2D eigenvalue weighted by Gasteiger charge is -2.23. The zero-order valence-electron chi connectivity index (χ0n) is 9.59. The molecule has 0 heterocycles. The minimum Gasteiger partial charge on any atom is -0.321 e. The summed E-state index contributed by atoms with van der Waals surface area (Å²) in [6, 6.07) is 10.1. The molecule has 2 nitrogen and oxygen atoms in total. The minimum atomic E-state index is 0.240. The fourth-order valence-corrected chi connectivity index (χ4v) is 1.37. The molecule has 0 aliphatic carbocycles. The predicted octanol–water partition coefficient (Wildman–Crippen LogP) is 3.21. The normalized spacial score (nSPS) is 11.1. The van der Waals surface area contributed by atoms with Crippen LogP contribution in [0.5, 0.6) is 0 Å². The highest BCUT2D eigenvalue weighted by Gasteiger charge is 2.14. The molecule has 1 aromatic carbocycles. The van der Waals surface area contributed by atoms with E-state index in [2.05, 4.69) is 31.3 Å². The molecule has 0 aromatic heterocycles. The highest BCUT2D eigenvalue weighted by molar-refractivity contribution is 5.41. The molecule has 0 unspecified atom stereocenters. The van der Waals surface area contributed by atoms with Crippen molar-refractivity contribution in [1.82, 2.24) is 5.43 Å². The second kappa shape index (κ2) is 5.56. The first-order chi connectivity index (χ1) is 7.14. The number of nitrogens with one attached hydrogen (secondary N) is 2. The highest BCUT2D eigenvalue weighted by atomic mass is 15.4. The Morgan fingerprint density at radius 3 is 2.53 bits per heavy atom. The molecule has 0 saturated carbocycles. The summed E-state index contributed by atoms with van der Waals surface area (Å²) >= 11 is 0. The lowest BCUT2D eigenvalue weighted by molar-refractivity contribution is 0.356. The van der Waals surface area contributed by atoms with Gasteiger partial charge in [0, 0.05) is 12.2 Å². The summed E-state index contributed by atoms with van der Waals surface area (Å²) in [7, 11) is 0. The van der Waals surface area contributed by atoms with Crippen LogP contribution >= 0.6 is 0 Å². The van der Waals surface area contributed by atoms with Crippen molar-refractivity contribution in [2.24, 2.45) is 5.41 Å². The van der Waals surface area contributed by atoms with Crippen LogP contribution in [0.3, 0.4) is 0 Å². The molecule has 0 aliphatic rings. The van der Waals surface area contributed by atoms with Gasteiger partial charge in [0.25, 0.3) is 0 Å². The van der Waals surface area contributed by atoms with E-state index < -0.39 is 0 Å². The average molecular weight is 204 g/mol. The maximum atomic E-state index is 3.76. The van der Waals surface area contributed by atoms with Crippen LogP contribution < -0.4 is 10.9 Å². The zero-order valence-corrected chi connectivity index (χ0v) is 9.59. The average Bonchev–Trinajstić information content (AvgIpc) is 2.19. The van der Waals surface area contributed by atoms with Crippen LogP contribution in [0.15, 0.2) is 43.0 Å². The number of benzene rings is 1. The third kappa shape index (κ3) is 4.66. The van der Waals surface area contributed by atoms with Gasteiger partial charge in [-0.05, 0) is 24.0 Å². The fourth-order valence-electron chi connectivity index (χ4n) is 1.37. The number of anilines is 1. The van der Waals surface area contributed by atoms with Gasteiger partial charge in [-0.2, -0.15) is 0 Å². The monoisotopic (exact) mass is 204 g/mol. The van der Waals surface area contributed by atoms with Crippen molar-refractivity contribution in [3.05, 3.63) is 43.0 Å². The summed E-state index contributed by atoms with van der Waals surface area (Å²) in [5, 5.41) is 0. The van der Waals surface area contributed by atoms with E-state index in [0.717, 1.165) is 18.7 Å². The van der Waals surface area contributed by atoms with Gasteiger partial charge in [-0.25, -0.2) is 5.43 Å². The van der Waals surface area contributed by atoms with Crippen LogP contribution in [-0.2, 0) is 0 Å². The fraction of sp³-hybridized carbons (Fsp3) is 0.385. The topological polar surface area (TPSA) is 24.1 Å². The van der Waals surface area contributed by atoms with Crippen molar-refractivity contribution in [2.75, 3.05) is 12.0 Å². The Bertz CT molecular complexity index is 291. The SMILES string of the molecule is C=CCC(C)(C)CNNc1ccccc1. The van der Waals surface area contributed by atoms with Crippen molar-refractivity contribution in [3.63, 3.8) is 0 Å². The standard InChI is InChI=1S/C13H20N2/c1-4-10-13(2,3)11-14-15-12-8-6-5-7-9-12/h4-9,14-15H,1,10-11H2,2-3H3. The van der Waals surface area contributed by atoms with Crippen LogP contribution in [0.1, 0.15) is 20.3 Å². The Morgan fingerprint density at radius 2 is 1.93 bits per heavy atom. The quantitative estimate of drug-likeness (QED) is 0.549. The zero-order chi connectivity index (χ0) is 11.1. The first kappa shape index (κ1) is 11.8. The largest absolute Gasteiger partial charge is 0.321 e. The first-order valence-corrected chi connectivity index (χ1v) is 5.29. The first-order valence-electron chi connectivity index (χ1n) is 5.29. The summed E-state index contributed by atoms with van der Waals surface area (Å²) in [4.78, 5) is 0. The molecule has 0 fully saturated rings. The van der Waals surface area contributed by atoms with E-state index >= 15 is 0 Å². The van der Waals surface area contributed by atoms with E-state index in [9.17, 15) is 0 Å². The number of allylic oxidation sites excluding steroid dienone is 1. The van der Waals surface area contributed by atoms with Gasteiger partial charge >= 0.3 is 0 Å². The molecule has 82 valence electrons. The molecule has 0 atom stereocenters.